The van der Waals surface area contributed by atoms with Crippen molar-refractivity contribution < 1.29 is 4.79 Å². The number of nitrogens with zero attached hydrogens (tertiary/aromatic N) is 1. The quantitative estimate of drug-likeness (QED) is 0.846. The fourth-order valence-corrected chi connectivity index (χ4v) is 2.70. The van der Waals surface area contributed by atoms with Gasteiger partial charge in [0.25, 0.3) is 5.91 Å². The monoisotopic (exact) mass is 254 g/mol. The van der Waals surface area contributed by atoms with E-state index in [4.69, 9.17) is 0 Å². The van der Waals surface area contributed by atoms with Crippen LogP contribution in [0.5, 0.6) is 0 Å². The van der Waals surface area contributed by atoms with Gasteiger partial charge in [-0.25, -0.2) is 0 Å². The van der Waals surface area contributed by atoms with Gasteiger partial charge in [0.1, 0.15) is 0 Å². The number of carbonyl (C=O) groups excluding carboxylic acids is 1. The Morgan fingerprint density at radius 3 is 2.84 bits per heavy atom. The first-order valence-electron chi connectivity index (χ1n) is 6.76. The molecule has 0 aliphatic carbocycles. The number of hydrogen-bond donors (Lipinski definition) is 1. The molecule has 1 saturated heterocycles. The van der Waals surface area contributed by atoms with Crippen molar-refractivity contribution in [2.75, 3.05) is 19.6 Å². The number of carbonyl (C=O) groups is 1. The molecule has 2 aromatic carbocycles. The number of hydrogen-bond acceptors (Lipinski definition) is 2. The standard InChI is InChI=1S/C16H18N2O/c1-12-11-18(10-9-17-12)16(19)15-8-4-6-13-5-2-3-7-14(13)15/h2-8,12,17H,9-11H2,1H3/t12-/m1/s1. The molecule has 1 aliphatic rings. The Morgan fingerprint density at radius 1 is 1.21 bits per heavy atom. The van der Waals surface area contributed by atoms with Gasteiger partial charge in [-0.15, -0.1) is 0 Å². The number of nitrogens with one attached hydrogen (secondary N) is 1. The molecular formula is C16H18N2O. The van der Waals surface area contributed by atoms with Crippen LogP contribution in [0, 0.1) is 0 Å². The zero-order chi connectivity index (χ0) is 13.2. The lowest BCUT2D eigenvalue weighted by Crippen LogP contribution is -2.51. The summed E-state index contributed by atoms with van der Waals surface area (Å²) < 4.78 is 0. The highest BCUT2D eigenvalue weighted by molar-refractivity contribution is 6.07. The van der Waals surface area contributed by atoms with E-state index in [-0.39, 0.29) is 5.91 Å². The molecule has 0 spiro atoms. The van der Waals surface area contributed by atoms with Crippen LogP contribution in [0.15, 0.2) is 42.5 Å². The molecular weight excluding hydrogens is 236 g/mol. The Morgan fingerprint density at radius 2 is 2.00 bits per heavy atom. The molecule has 1 atom stereocenters. The Kier molecular flexibility index (Phi) is 3.22. The highest BCUT2D eigenvalue weighted by Crippen LogP contribution is 2.20. The topological polar surface area (TPSA) is 32.3 Å². The summed E-state index contributed by atoms with van der Waals surface area (Å²) in [4.78, 5) is 14.6. The molecule has 3 rings (SSSR count). The van der Waals surface area contributed by atoms with Gasteiger partial charge >= 0.3 is 0 Å². The smallest absolute Gasteiger partial charge is 0.254 e. The Labute approximate surface area is 113 Å². The van der Waals surface area contributed by atoms with Gasteiger partial charge in [0.05, 0.1) is 0 Å². The second-order valence-corrected chi connectivity index (χ2v) is 5.13. The summed E-state index contributed by atoms with van der Waals surface area (Å²) >= 11 is 0. The molecule has 98 valence electrons. The average molecular weight is 254 g/mol. The fourth-order valence-electron chi connectivity index (χ4n) is 2.70. The number of piperazine rings is 1. The molecule has 3 nitrogen and oxygen atoms in total. The lowest BCUT2D eigenvalue weighted by atomic mass is 10.0. The molecule has 0 saturated carbocycles. The van der Waals surface area contributed by atoms with E-state index >= 15 is 0 Å². The van der Waals surface area contributed by atoms with Gasteiger partial charge in [0, 0.05) is 31.2 Å². The first-order valence-corrected chi connectivity index (χ1v) is 6.76. The molecule has 0 unspecified atom stereocenters. The van der Waals surface area contributed by atoms with Crippen LogP contribution < -0.4 is 5.32 Å². The zero-order valence-corrected chi connectivity index (χ0v) is 11.1. The van der Waals surface area contributed by atoms with Crippen LogP contribution in [0.2, 0.25) is 0 Å². The molecule has 0 bridgehead atoms. The van der Waals surface area contributed by atoms with Crippen LogP contribution in [-0.2, 0) is 0 Å². The molecule has 1 aliphatic heterocycles. The van der Waals surface area contributed by atoms with Crippen LogP contribution in [0.3, 0.4) is 0 Å². The summed E-state index contributed by atoms with van der Waals surface area (Å²) in [6.45, 7) is 4.55. The highest BCUT2D eigenvalue weighted by Gasteiger charge is 2.22. The van der Waals surface area contributed by atoms with Gasteiger partial charge in [0.15, 0.2) is 0 Å². The predicted octanol–water partition coefficient (Wildman–Crippen LogP) is 2.27. The molecule has 1 N–H and O–H groups in total. The maximum atomic E-state index is 12.7. The van der Waals surface area contributed by atoms with E-state index in [2.05, 4.69) is 12.2 Å². The van der Waals surface area contributed by atoms with Gasteiger partial charge < -0.3 is 10.2 Å². The van der Waals surface area contributed by atoms with E-state index in [0.717, 1.165) is 36.0 Å². The van der Waals surface area contributed by atoms with Crippen molar-refractivity contribution in [2.24, 2.45) is 0 Å². The van der Waals surface area contributed by atoms with Crippen molar-refractivity contribution in [2.45, 2.75) is 13.0 Å². The van der Waals surface area contributed by atoms with Crippen LogP contribution in [0.4, 0.5) is 0 Å². The number of fused-ring (bicyclic) bond motifs is 1. The number of rotatable bonds is 1. The maximum absolute atomic E-state index is 12.7. The van der Waals surface area contributed by atoms with Gasteiger partial charge in [-0.05, 0) is 23.8 Å². The number of benzene rings is 2. The molecule has 1 fully saturated rings. The van der Waals surface area contributed by atoms with Crippen LogP contribution in [0.1, 0.15) is 17.3 Å². The van der Waals surface area contributed by atoms with Crippen molar-refractivity contribution in [1.82, 2.24) is 10.2 Å². The molecule has 19 heavy (non-hydrogen) atoms. The minimum atomic E-state index is 0.144. The average Bonchev–Trinajstić information content (AvgIpc) is 2.46. The summed E-state index contributed by atoms with van der Waals surface area (Å²) in [6.07, 6.45) is 0. The van der Waals surface area contributed by atoms with Gasteiger partial charge in [-0.3, -0.25) is 4.79 Å². The molecule has 3 heteroatoms. The molecule has 0 radical (unpaired) electrons. The summed E-state index contributed by atoms with van der Waals surface area (Å²) in [5, 5.41) is 5.53. The highest BCUT2D eigenvalue weighted by atomic mass is 16.2. The maximum Gasteiger partial charge on any atom is 0.254 e. The van der Waals surface area contributed by atoms with E-state index in [1.54, 1.807) is 0 Å². The molecule has 2 aromatic rings. The Bertz CT molecular complexity index is 603. The van der Waals surface area contributed by atoms with E-state index in [9.17, 15) is 4.79 Å². The first-order chi connectivity index (χ1) is 9.25. The largest absolute Gasteiger partial charge is 0.336 e. The lowest BCUT2D eigenvalue weighted by Gasteiger charge is -2.32. The summed E-state index contributed by atoms with van der Waals surface area (Å²) in [5.74, 6) is 0.144. The Hall–Kier alpha value is -1.87. The summed E-state index contributed by atoms with van der Waals surface area (Å²) in [7, 11) is 0. The van der Waals surface area contributed by atoms with Crippen LogP contribution in [-0.4, -0.2) is 36.5 Å². The van der Waals surface area contributed by atoms with Gasteiger partial charge in [-0.2, -0.15) is 0 Å². The third-order valence-corrected chi connectivity index (χ3v) is 3.68. The lowest BCUT2D eigenvalue weighted by molar-refractivity contribution is 0.0711. The molecule has 1 amide bonds. The van der Waals surface area contributed by atoms with Crippen molar-refractivity contribution >= 4 is 16.7 Å². The normalized spacial score (nSPS) is 19.6. The SMILES string of the molecule is C[C@@H]1CN(C(=O)c2cccc3ccccc23)CCN1. The minimum Gasteiger partial charge on any atom is -0.336 e. The van der Waals surface area contributed by atoms with Crippen LogP contribution in [0.25, 0.3) is 10.8 Å². The summed E-state index contributed by atoms with van der Waals surface area (Å²) in [5.41, 5.74) is 0.812. The minimum absolute atomic E-state index is 0.144. The Balaban J connectivity index is 1.97. The van der Waals surface area contributed by atoms with E-state index < -0.39 is 0 Å². The van der Waals surface area contributed by atoms with Gasteiger partial charge in [-0.1, -0.05) is 36.4 Å². The van der Waals surface area contributed by atoms with Crippen molar-refractivity contribution in [3.8, 4) is 0 Å². The zero-order valence-electron chi connectivity index (χ0n) is 11.1. The second kappa shape index (κ2) is 5.02. The van der Waals surface area contributed by atoms with Gasteiger partial charge in [0.2, 0.25) is 0 Å². The second-order valence-electron chi connectivity index (χ2n) is 5.13. The van der Waals surface area contributed by atoms with Crippen LogP contribution >= 0.6 is 0 Å². The van der Waals surface area contributed by atoms with E-state index in [1.165, 1.54) is 0 Å². The first kappa shape index (κ1) is 12.2. The van der Waals surface area contributed by atoms with Crippen molar-refractivity contribution in [3.05, 3.63) is 48.0 Å². The molecule has 0 aromatic heterocycles. The third kappa shape index (κ3) is 2.34. The third-order valence-electron chi connectivity index (χ3n) is 3.68. The predicted molar refractivity (Wildman–Crippen MR) is 77.3 cm³/mol. The fraction of sp³-hybridized carbons (Fsp3) is 0.312. The number of amides is 1. The van der Waals surface area contributed by atoms with Crippen molar-refractivity contribution in [1.29, 1.82) is 0 Å². The van der Waals surface area contributed by atoms with E-state index in [1.807, 2.05) is 47.4 Å². The van der Waals surface area contributed by atoms with Crippen molar-refractivity contribution in [3.63, 3.8) is 0 Å². The van der Waals surface area contributed by atoms with E-state index in [0.29, 0.717) is 6.04 Å². The molecule has 1 heterocycles. The summed E-state index contributed by atoms with van der Waals surface area (Å²) in [6, 6.07) is 14.4.